The van der Waals surface area contributed by atoms with Crippen molar-refractivity contribution >= 4 is 33.3 Å². The van der Waals surface area contributed by atoms with Gasteiger partial charge in [-0.1, -0.05) is 0 Å². The summed E-state index contributed by atoms with van der Waals surface area (Å²) in [6, 6.07) is 1.74. The summed E-state index contributed by atoms with van der Waals surface area (Å²) in [7, 11) is 1.81. The molecule has 0 atom stereocenters. The van der Waals surface area contributed by atoms with E-state index in [2.05, 4.69) is 36.6 Å². The molecule has 1 amide bonds. The molecule has 0 bridgehead atoms. The van der Waals surface area contributed by atoms with E-state index in [9.17, 15) is 4.79 Å². The number of nitrogens with one attached hydrogen (secondary N) is 2. The summed E-state index contributed by atoms with van der Waals surface area (Å²) in [6.07, 6.45) is 3.43. The van der Waals surface area contributed by atoms with Crippen molar-refractivity contribution in [2.45, 2.75) is 13.8 Å². The molecule has 0 aromatic carbocycles. The average Bonchev–Trinajstić information content (AvgIpc) is 2.70. The van der Waals surface area contributed by atoms with E-state index in [4.69, 9.17) is 0 Å². The number of nitrogens with zero attached hydrogens (tertiary/aromatic N) is 3. The first-order valence-corrected chi connectivity index (χ1v) is 7.01. The zero-order valence-electron chi connectivity index (χ0n) is 11.6. The quantitative estimate of drug-likeness (QED) is 0.899. The number of anilines is 2. The van der Waals surface area contributed by atoms with Gasteiger partial charge in [0.15, 0.2) is 0 Å². The maximum Gasteiger partial charge on any atom is 0.259 e. The minimum atomic E-state index is -0.217. The summed E-state index contributed by atoms with van der Waals surface area (Å²) in [4.78, 5) is 16.6. The van der Waals surface area contributed by atoms with E-state index in [1.54, 1.807) is 23.1 Å². The topological polar surface area (TPSA) is 71.8 Å². The molecular formula is C13H16BrN5O. The third-order valence-corrected chi connectivity index (χ3v) is 3.14. The number of hydrogen-bond acceptors (Lipinski definition) is 4. The third kappa shape index (κ3) is 3.16. The first kappa shape index (κ1) is 14.5. The summed E-state index contributed by atoms with van der Waals surface area (Å²) in [5.41, 5.74) is 1.96. The van der Waals surface area contributed by atoms with Gasteiger partial charge in [0.25, 0.3) is 5.91 Å². The summed E-state index contributed by atoms with van der Waals surface area (Å²) in [5, 5.41) is 10.1. The van der Waals surface area contributed by atoms with Crippen LogP contribution >= 0.6 is 15.9 Å². The Hall–Kier alpha value is -1.89. The highest BCUT2D eigenvalue weighted by molar-refractivity contribution is 9.10. The minimum Gasteiger partial charge on any atom is -0.370 e. The molecule has 2 aromatic rings. The zero-order valence-corrected chi connectivity index (χ0v) is 13.2. The van der Waals surface area contributed by atoms with E-state index < -0.39 is 0 Å². The summed E-state index contributed by atoms with van der Waals surface area (Å²) >= 11 is 3.33. The molecule has 0 saturated heterocycles. The number of pyridine rings is 1. The van der Waals surface area contributed by atoms with Gasteiger partial charge in [0.2, 0.25) is 0 Å². The lowest BCUT2D eigenvalue weighted by molar-refractivity contribution is 0.102. The van der Waals surface area contributed by atoms with Crippen molar-refractivity contribution in [2.24, 2.45) is 7.05 Å². The van der Waals surface area contributed by atoms with Crippen LogP contribution in [0, 0.1) is 6.92 Å². The molecule has 2 N–H and O–H groups in total. The van der Waals surface area contributed by atoms with Crippen LogP contribution in [-0.4, -0.2) is 27.2 Å². The smallest absolute Gasteiger partial charge is 0.259 e. The standard InChI is InChI=1S/C13H16BrN5O/c1-4-15-12-10(5-9(14)6-16-12)13(20)17-11-7-19(3)18-8(11)2/h5-7H,4H2,1-3H3,(H,15,16)(H,17,20). The summed E-state index contributed by atoms with van der Waals surface area (Å²) < 4.78 is 2.42. The number of carbonyl (C=O) groups is 1. The summed E-state index contributed by atoms with van der Waals surface area (Å²) in [5.74, 6) is 0.348. The van der Waals surface area contributed by atoms with Gasteiger partial charge in [-0.2, -0.15) is 5.10 Å². The van der Waals surface area contributed by atoms with Gasteiger partial charge in [-0.15, -0.1) is 0 Å². The van der Waals surface area contributed by atoms with Crippen molar-refractivity contribution < 1.29 is 4.79 Å². The lowest BCUT2D eigenvalue weighted by Gasteiger charge is -2.10. The van der Waals surface area contributed by atoms with Gasteiger partial charge >= 0.3 is 0 Å². The molecule has 2 rings (SSSR count). The Kier molecular flexibility index (Phi) is 4.39. The Morgan fingerprint density at radius 3 is 2.85 bits per heavy atom. The van der Waals surface area contributed by atoms with Crippen LogP contribution in [0.1, 0.15) is 23.0 Å². The van der Waals surface area contributed by atoms with Crippen LogP contribution in [0.3, 0.4) is 0 Å². The van der Waals surface area contributed by atoms with Crippen LogP contribution in [0.4, 0.5) is 11.5 Å². The molecule has 2 heterocycles. The number of amides is 1. The molecule has 0 unspecified atom stereocenters. The molecule has 0 aliphatic heterocycles. The SMILES string of the molecule is CCNc1ncc(Br)cc1C(=O)Nc1cn(C)nc1C. The first-order valence-electron chi connectivity index (χ1n) is 6.22. The maximum atomic E-state index is 12.4. The molecule has 0 aliphatic rings. The molecular weight excluding hydrogens is 322 g/mol. The fraction of sp³-hybridized carbons (Fsp3) is 0.308. The normalized spacial score (nSPS) is 10.4. The van der Waals surface area contributed by atoms with Crippen LogP contribution in [-0.2, 0) is 7.05 Å². The van der Waals surface area contributed by atoms with Crippen molar-refractivity contribution in [3.63, 3.8) is 0 Å². The van der Waals surface area contributed by atoms with Gasteiger partial charge in [0.1, 0.15) is 5.82 Å². The molecule has 6 nitrogen and oxygen atoms in total. The lowest BCUT2D eigenvalue weighted by Crippen LogP contribution is -2.16. The first-order chi connectivity index (χ1) is 9.51. The highest BCUT2D eigenvalue weighted by Crippen LogP contribution is 2.20. The Labute approximate surface area is 125 Å². The Bertz CT molecular complexity index is 638. The van der Waals surface area contributed by atoms with Gasteiger partial charge in [-0.25, -0.2) is 4.98 Å². The minimum absolute atomic E-state index is 0.217. The Balaban J connectivity index is 2.28. The average molecular weight is 338 g/mol. The predicted molar refractivity (Wildman–Crippen MR) is 82.0 cm³/mol. The van der Waals surface area contributed by atoms with Gasteiger partial charge < -0.3 is 10.6 Å². The number of hydrogen-bond donors (Lipinski definition) is 2. The van der Waals surface area contributed by atoms with E-state index in [1.165, 1.54) is 0 Å². The second kappa shape index (κ2) is 6.04. The van der Waals surface area contributed by atoms with Crippen LogP contribution < -0.4 is 10.6 Å². The number of aryl methyl sites for hydroxylation is 2. The molecule has 0 radical (unpaired) electrons. The fourth-order valence-corrected chi connectivity index (χ4v) is 2.16. The van der Waals surface area contributed by atoms with Crippen molar-refractivity contribution in [3.05, 3.63) is 34.2 Å². The van der Waals surface area contributed by atoms with Gasteiger partial charge in [-0.3, -0.25) is 9.48 Å². The Morgan fingerprint density at radius 1 is 1.50 bits per heavy atom. The van der Waals surface area contributed by atoms with Gasteiger partial charge in [-0.05, 0) is 35.8 Å². The molecule has 0 aliphatic carbocycles. The largest absolute Gasteiger partial charge is 0.370 e. The van der Waals surface area contributed by atoms with Crippen molar-refractivity contribution in [2.75, 3.05) is 17.2 Å². The maximum absolute atomic E-state index is 12.4. The van der Waals surface area contributed by atoms with E-state index in [0.717, 1.165) is 10.2 Å². The van der Waals surface area contributed by atoms with E-state index in [1.807, 2.05) is 20.9 Å². The monoisotopic (exact) mass is 337 g/mol. The van der Waals surface area contributed by atoms with E-state index >= 15 is 0 Å². The predicted octanol–water partition coefficient (Wildman–Crippen LogP) is 2.57. The molecule has 2 aromatic heterocycles. The van der Waals surface area contributed by atoms with E-state index in [-0.39, 0.29) is 5.91 Å². The summed E-state index contributed by atoms with van der Waals surface area (Å²) in [6.45, 7) is 4.50. The highest BCUT2D eigenvalue weighted by Gasteiger charge is 2.15. The van der Waals surface area contributed by atoms with Gasteiger partial charge in [0.05, 0.1) is 16.9 Å². The Morgan fingerprint density at radius 2 is 2.25 bits per heavy atom. The molecule has 106 valence electrons. The molecule has 0 spiro atoms. The second-order valence-corrected chi connectivity index (χ2v) is 5.25. The van der Waals surface area contributed by atoms with Crippen molar-refractivity contribution in [1.82, 2.24) is 14.8 Å². The molecule has 7 heteroatoms. The molecule has 0 saturated carbocycles. The van der Waals surface area contributed by atoms with Gasteiger partial charge in [0, 0.05) is 30.5 Å². The number of carbonyl (C=O) groups excluding carboxylic acids is 1. The number of rotatable bonds is 4. The fourth-order valence-electron chi connectivity index (χ4n) is 1.83. The van der Waals surface area contributed by atoms with Crippen LogP contribution in [0.25, 0.3) is 0 Å². The third-order valence-electron chi connectivity index (χ3n) is 2.70. The van der Waals surface area contributed by atoms with Crippen molar-refractivity contribution in [3.8, 4) is 0 Å². The molecule has 20 heavy (non-hydrogen) atoms. The second-order valence-electron chi connectivity index (χ2n) is 4.34. The molecule has 0 fully saturated rings. The van der Waals surface area contributed by atoms with Crippen LogP contribution in [0.15, 0.2) is 22.9 Å². The zero-order chi connectivity index (χ0) is 14.7. The lowest BCUT2D eigenvalue weighted by atomic mass is 10.2. The number of halogens is 1. The van der Waals surface area contributed by atoms with Crippen molar-refractivity contribution in [1.29, 1.82) is 0 Å². The van der Waals surface area contributed by atoms with Crippen LogP contribution in [0.2, 0.25) is 0 Å². The van der Waals surface area contributed by atoms with Crippen LogP contribution in [0.5, 0.6) is 0 Å². The number of aromatic nitrogens is 3. The highest BCUT2D eigenvalue weighted by atomic mass is 79.9. The van der Waals surface area contributed by atoms with E-state index in [0.29, 0.717) is 23.6 Å².